The van der Waals surface area contributed by atoms with Crippen LogP contribution in [0.1, 0.15) is 109 Å². The molecule has 5 rings (SSSR count). The Hall–Kier alpha value is -4.16. The van der Waals surface area contributed by atoms with E-state index in [-0.39, 0.29) is 41.8 Å². The first-order valence-electron chi connectivity index (χ1n) is 18.8. The van der Waals surface area contributed by atoms with E-state index >= 15 is 0 Å². The number of nitrogens with zero attached hydrogens (tertiary/aromatic N) is 3. The molecule has 3 fully saturated rings. The van der Waals surface area contributed by atoms with Gasteiger partial charge in [-0.05, 0) is 67.6 Å². The van der Waals surface area contributed by atoms with Gasteiger partial charge in [0.05, 0.1) is 12.2 Å². The van der Waals surface area contributed by atoms with Gasteiger partial charge in [-0.2, -0.15) is 0 Å². The molecule has 0 spiro atoms. The number of carbonyl (C=O) groups is 6. The zero-order valence-corrected chi connectivity index (χ0v) is 30.7. The molecule has 13 nitrogen and oxygen atoms in total. The Morgan fingerprint density at radius 3 is 2.29 bits per heavy atom. The van der Waals surface area contributed by atoms with Gasteiger partial charge in [0.2, 0.25) is 23.5 Å². The Kier molecular flexibility index (Phi) is 12.3. The number of Topliss-reactive ketones (excluding diaryl/α,β-unsaturated/α-hetero) is 1. The molecule has 2 saturated carbocycles. The minimum atomic E-state index is -1.03. The molecule has 7 atom stereocenters. The van der Waals surface area contributed by atoms with Crippen LogP contribution >= 0.6 is 0 Å². The molecule has 0 radical (unpaired) electrons. The van der Waals surface area contributed by atoms with Gasteiger partial charge >= 0.3 is 0 Å². The number of hydrogen-bond donors (Lipinski definition) is 4. The van der Waals surface area contributed by atoms with Crippen LogP contribution in [0.15, 0.2) is 30.7 Å². The molecule has 1 aromatic heterocycles. The lowest BCUT2D eigenvalue weighted by atomic mass is 9.76. The Balaban J connectivity index is 1.39. The highest BCUT2D eigenvalue weighted by molar-refractivity contribution is 6.38. The standard InChI is InChI=1S/C38H55N7O6/c1-6-11-27(31(46)36(50)41-24-16-17-24)42-35(49)30-25-15-10-12-22(2)26(25)21-45(30)37(51)32(38(3,4)5)44-34(48)29(23-13-8-7-9-14-23)43-33(47)28-20-39-18-19-40-28/h10,12,18-20,22-27,29-30,32H,6-9,11,13-17,21H2,1-5H3,(H,41,50)(H,42,49)(H,43,47)(H,44,48)/t22-,25-,26+,27-,29-,30-,32+/m0/s1. The SMILES string of the molecule is CCC[C@H](NC(=O)[C@@H]1[C@H]2CC=C[C@H](C)[C@H]2CN1C(=O)[C@@H](NC(=O)[C@@H](NC(=O)c1cnccn1)C1CCCCC1)C(C)(C)C)C(=O)C(=O)NC1CC1. The second-order valence-corrected chi connectivity index (χ2v) is 16.0. The highest BCUT2D eigenvalue weighted by Crippen LogP contribution is 2.42. The van der Waals surface area contributed by atoms with E-state index in [1.807, 2.05) is 33.8 Å². The summed E-state index contributed by atoms with van der Waals surface area (Å²) in [6.07, 6.45) is 15.9. The number of likely N-dealkylation sites (tertiary alicyclic amines) is 1. The van der Waals surface area contributed by atoms with E-state index in [2.05, 4.69) is 44.2 Å². The third-order valence-electron chi connectivity index (χ3n) is 11.0. The third-order valence-corrected chi connectivity index (χ3v) is 11.0. The number of hydrogen-bond acceptors (Lipinski definition) is 8. The van der Waals surface area contributed by atoms with Crippen LogP contribution in [0.2, 0.25) is 0 Å². The van der Waals surface area contributed by atoms with Gasteiger partial charge in [0.25, 0.3) is 11.8 Å². The minimum absolute atomic E-state index is 0.00114. The molecule has 1 saturated heterocycles. The van der Waals surface area contributed by atoms with Crippen LogP contribution in [0.4, 0.5) is 0 Å². The first-order valence-corrected chi connectivity index (χ1v) is 18.8. The monoisotopic (exact) mass is 705 g/mol. The summed E-state index contributed by atoms with van der Waals surface area (Å²) in [6.45, 7) is 9.84. The number of ketones is 1. The Bertz CT molecular complexity index is 1480. The summed E-state index contributed by atoms with van der Waals surface area (Å²) in [5.41, 5.74) is -0.672. The molecule has 278 valence electrons. The number of amides is 5. The normalized spacial score (nSPS) is 25.2. The van der Waals surface area contributed by atoms with Crippen molar-refractivity contribution in [1.29, 1.82) is 0 Å². The number of aromatic nitrogens is 2. The first kappa shape index (κ1) is 38.1. The number of allylic oxidation sites excluding steroid dienone is 2. The molecule has 0 unspecified atom stereocenters. The van der Waals surface area contributed by atoms with Crippen LogP contribution in [0.3, 0.4) is 0 Å². The van der Waals surface area contributed by atoms with Crippen molar-refractivity contribution in [3.05, 3.63) is 36.4 Å². The van der Waals surface area contributed by atoms with E-state index in [1.54, 1.807) is 4.90 Å². The van der Waals surface area contributed by atoms with E-state index in [0.29, 0.717) is 19.4 Å². The van der Waals surface area contributed by atoms with E-state index in [1.165, 1.54) is 18.6 Å². The Morgan fingerprint density at radius 1 is 0.941 bits per heavy atom. The fraction of sp³-hybridized carbons (Fsp3) is 0.684. The molecule has 4 aliphatic rings. The van der Waals surface area contributed by atoms with Crippen LogP contribution in [0.25, 0.3) is 0 Å². The maximum atomic E-state index is 14.8. The Labute approximate surface area is 300 Å². The molecule has 3 aliphatic carbocycles. The molecule has 4 N–H and O–H groups in total. The van der Waals surface area contributed by atoms with E-state index in [9.17, 15) is 28.8 Å². The number of nitrogens with one attached hydrogen (secondary N) is 4. The second kappa shape index (κ2) is 16.5. The van der Waals surface area contributed by atoms with Gasteiger partial charge in [-0.15, -0.1) is 0 Å². The molecule has 13 heteroatoms. The van der Waals surface area contributed by atoms with Crippen molar-refractivity contribution in [2.45, 2.75) is 129 Å². The van der Waals surface area contributed by atoms with E-state index in [4.69, 9.17) is 0 Å². The maximum Gasteiger partial charge on any atom is 0.289 e. The van der Waals surface area contributed by atoms with Crippen molar-refractivity contribution in [2.24, 2.45) is 29.1 Å². The molecule has 51 heavy (non-hydrogen) atoms. The summed E-state index contributed by atoms with van der Waals surface area (Å²) in [5.74, 6) is -3.47. The number of carbonyl (C=O) groups excluding carboxylic acids is 6. The molecule has 0 bridgehead atoms. The maximum absolute atomic E-state index is 14.8. The lowest BCUT2D eigenvalue weighted by molar-refractivity contribution is -0.146. The predicted molar refractivity (Wildman–Crippen MR) is 190 cm³/mol. The number of rotatable bonds is 13. The van der Waals surface area contributed by atoms with Gasteiger partial charge < -0.3 is 26.2 Å². The van der Waals surface area contributed by atoms with Crippen molar-refractivity contribution in [2.75, 3.05) is 6.54 Å². The molecular formula is C38H55N7O6. The second-order valence-electron chi connectivity index (χ2n) is 16.0. The van der Waals surface area contributed by atoms with Crippen LogP contribution in [0, 0.1) is 29.1 Å². The number of fused-ring (bicyclic) bond motifs is 1. The fourth-order valence-electron chi connectivity index (χ4n) is 7.96. The third kappa shape index (κ3) is 9.20. The van der Waals surface area contributed by atoms with Gasteiger partial charge in [-0.3, -0.25) is 33.8 Å². The zero-order valence-electron chi connectivity index (χ0n) is 30.7. The van der Waals surface area contributed by atoms with Crippen molar-refractivity contribution < 1.29 is 28.8 Å². The first-order chi connectivity index (χ1) is 24.3. The molecule has 1 aliphatic heterocycles. The zero-order chi connectivity index (χ0) is 36.9. The topological polar surface area (TPSA) is 180 Å². The van der Waals surface area contributed by atoms with Gasteiger partial charge in [0.15, 0.2) is 0 Å². The molecule has 0 aromatic carbocycles. The van der Waals surface area contributed by atoms with Crippen molar-refractivity contribution in [3.63, 3.8) is 0 Å². The summed E-state index contributed by atoms with van der Waals surface area (Å²) in [4.78, 5) is 92.1. The van der Waals surface area contributed by atoms with Crippen LogP contribution in [0.5, 0.6) is 0 Å². The van der Waals surface area contributed by atoms with Crippen molar-refractivity contribution >= 4 is 35.3 Å². The lowest BCUT2D eigenvalue weighted by Gasteiger charge is -2.38. The molecule has 1 aromatic rings. The van der Waals surface area contributed by atoms with Crippen molar-refractivity contribution in [3.8, 4) is 0 Å². The average molecular weight is 706 g/mol. The smallest absolute Gasteiger partial charge is 0.289 e. The summed E-state index contributed by atoms with van der Waals surface area (Å²) in [5, 5.41) is 11.5. The van der Waals surface area contributed by atoms with Crippen LogP contribution in [-0.2, 0) is 24.0 Å². The summed E-state index contributed by atoms with van der Waals surface area (Å²) in [6, 6.07) is -3.84. The van der Waals surface area contributed by atoms with Crippen LogP contribution in [-0.4, -0.2) is 86.9 Å². The van der Waals surface area contributed by atoms with Crippen molar-refractivity contribution in [1.82, 2.24) is 36.1 Å². The largest absolute Gasteiger partial charge is 0.347 e. The Morgan fingerprint density at radius 2 is 1.67 bits per heavy atom. The van der Waals surface area contributed by atoms with Gasteiger partial charge in [0.1, 0.15) is 23.8 Å². The average Bonchev–Trinajstić information content (AvgIpc) is 3.84. The van der Waals surface area contributed by atoms with Gasteiger partial charge in [-0.1, -0.05) is 72.5 Å². The van der Waals surface area contributed by atoms with E-state index in [0.717, 1.165) is 44.9 Å². The highest BCUT2D eigenvalue weighted by atomic mass is 16.2. The fourth-order valence-corrected chi connectivity index (χ4v) is 7.96. The van der Waals surface area contributed by atoms with Gasteiger partial charge in [-0.25, -0.2) is 4.98 Å². The summed E-state index contributed by atoms with van der Waals surface area (Å²) >= 11 is 0. The summed E-state index contributed by atoms with van der Waals surface area (Å²) in [7, 11) is 0. The molecule has 2 heterocycles. The molecular weight excluding hydrogens is 650 g/mol. The molecule has 5 amide bonds. The van der Waals surface area contributed by atoms with Gasteiger partial charge in [0, 0.05) is 25.0 Å². The van der Waals surface area contributed by atoms with Crippen LogP contribution < -0.4 is 21.3 Å². The predicted octanol–water partition coefficient (Wildman–Crippen LogP) is 2.86. The minimum Gasteiger partial charge on any atom is -0.347 e. The lowest BCUT2D eigenvalue weighted by Crippen LogP contribution is -2.62. The highest BCUT2D eigenvalue weighted by Gasteiger charge is 2.52. The summed E-state index contributed by atoms with van der Waals surface area (Å²) < 4.78 is 0. The van der Waals surface area contributed by atoms with E-state index < -0.39 is 64.9 Å². The quantitative estimate of drug-likeness (QED) is 0.179.